The Hall–Kier alpha value is -1.35. The summed E-state index contributed by atoms with van der Waals surface area (Å²) in [7, 11) is 0. The smallest absolute Gasteiger partial charge is 0.228 e. The molecule has 2 bridgehead atoms. The van der Waals surface area contributed by atoms with Gasteiger partial charge in [-0.2, -0.15) is 0 Å². The number of carbonyl (C=O) groups excluding carboxylic acids is 1. The third-order valence-electron chi connectivity index (χ3n) is 9.87. The maximum absolute atomic E-state index is 13.7. The van der Waals surface area contributed by atoms with Gasteiger partial charge >= 0.3 is 0 Å². The van der Waals surface area contributed by atoms with Crippen LogP contribution in [0.3, 0.4) is 0 Å². The monoisotopic (exact) mass is 348 g/mol. The molecule has 0 aromatic heterocycles. The molecule has 7 rings (SSSR count). The minimum atomic E-state index is -0.0284. The number of benzene rings is 1. The predicted molar refractivity (Wildman–Crippen MR) is 99.6 cm³/mol. The lowest BCUT2D eigenvalue weighted by molar-refractivity contribution is -0.202. The Bertz CT molecular complexity index is 807. The molecule has 1 aromatic carbocycles. The van der Waals surface area contributed by atoms with Gasteiger partial charge in [-0.3, -0.25) is 4.79 Å². The normalized spacial score (nSPS) is 48.7. The molecule has 1 aromatic rings. The summed E-state index contributed by atoms with van der Waals surface area (Å²) in [6, 6.07) is 11.2. The number of hydrogen-bond acceptors (Lipinski definition) is 2. The minimum absolute atomic E-state index is 0.0284. The van der Waals surface area contributed by atoms with Crippen molar-refractivity contribution in [1.29, 1.82) is 0 Å². The third-order valence-corrected chi connectivity index (χ3v) is 9.87. The maximum atomic E-state index is 13.7. The van der Waals surface area contributed by atoms with Gasteiger partial charge in [0.15, 0.2) is 0 Å². The zero-order valence-corrected chi connectivity index (χ0v) is 15.5. The van der Waals surface area contributed by atoms with Crippen LogP contribution in [0, 0.1) is 28.1 Å². The quantitative estimate of drug-likeness (QED) is 0.891. The summed E-state index contributed by atoms with van der Waals surface area (Å²) in [4.78, 5) is 15.9. The van der Waals surface area contributed by atoms with E-state index in [2.05, 4.69) is 40.5 Å². The highest BCUT2D eigenvalue weighted by Crippen LogP contribution is 2.89. The molecule has 4 aliphatic carbocycles. The second-order valence-corrected chi connectivity index (χ2v) is 10.7. The van der Waals surface area contributed by atoms with E-state index in [1.165, 1.54) is 37.7 Å². The van der Waals surface area contributed by atoms with Gasteiger partial charge in [0.05, 0.1) is 5.41 Å². The van der Waals surface area contributed by atoms with Gasteiger partial charge in [0.2, 0.25) is 5.91 Å². The molecule has 2 spiro atoms. The lowest BCUT2D eigenvalue weighted by Gasteiger charge is -2.73. The van der Waals surface area contributed by atoms with E-state index in [4.69, 9.17) is 0 Å². The first-order valence-corrected chi connectivity index (χ1v) is 10.7. The van der Waals surface area contributed by atoms with Crippen LogP contribution in [0.4, 0.5) is 0 Å². The summed E-state index contributed by atoms with van der Waals surface area (Å²) in [6.45, 7) is 4.28. The first kappa shape index (κ1) is 14.7. The van der Waals surface area contributed by atoms with E-state index in [9.17, 15) is 4.79 Å². The number of nitrogens with one attached hydrogen (secondary N) is 1. The molecule has 3 heteroatoms. The molecule has 0 radical (unpaired) electrons. The average molecular weight is 348 g/mol. The number of amides is 1. The zero-order chi connectivity index (χ0) is 17.2. The Kier molecular flexibility index (Phi) is 2.38. The Labute approximate surface area is 155 Å². The second-order valence-electron chi connectivity index (χ2n) is 10.7. The first-order chi connectivity index (χ1) is 12.6. The highest BCUT2D eigenvalue weighted by molar-refractivity contribution is 5.86. The number of carbonyl (C=O) groups is 1. The van der Waals surface area contributed by atoms with Crippen LogP contribution < -0.4 is 5.32 Å². The van der Waals surface area contributed by atoms with Gasteiger partial charge in [0, 0.05) is 30.5 Å². The predicted octanol–water partition coefficient (Wildman–Crippen LogP) is 2.96. The highest BCUT2D eigenvalue weighted by Gasteiger charge is 2.85. The van der Waals surface area contributed by atoms with Gasteiger partial charge in [-0.1, -0.05) is 30.3 Å². The largest absolute Gasteiger partial charge is 0.341 e. The summed E-state index contributed by atoms with van der Waals surface area (Å²) in [5.41, 5.74) is 2.74. The van der Waals surface area contributed by atoms with E-state index in [0.717, 1.165) is 44.4 Å². The molecule has 1 amide bonds. The topological polar surface area (TPSA) is 32.3 Å². The lowest BCUT2D eigenvalue weighted by atomic mass is 9.30. The van der Waals surface area contributed by atoms with E-state index >= 15 is 0 Å². The van der Waals surface area contributed by atoms with Crippen LogP contribution in [0.25, 0.3) is 0 Å². The van der Waals surface area contributed by atoms with E-state index < -0.39 is 0 Å². The molecule has 2 saturated heterocycles. The Morgan fingerprint density at radius 3 is 2.62 bits per heavy atom. The number of rotatable bonds is 2. The van der Waals surface area contributed by atoms with Crippen LogP contribution in [-0.2, 0) is 10.2 Å². The minimum Gasteiger partial charge on any atom is -0.341 e. The van der Waals surface area contributed by atoms with Crippen molar-refractivity contribution in [2.75, 3.05) is 26.2 Å². The summed E-state index contributed by atoms with van der Waals surface area (Å²) >= 11 is 0. The summed E-state index contributed by atoms with van der Waals surface area (Å²) in [5.74, 6) is 2.26. The second kappa shape index (κ2) is 4.22. The molecule has 4 saturated carbocycles. The number of nitrogens with zero attached hydrogens (tertiary/aromatic N) is 1. The summed E-state index contributed by atoms with van der Waals surface area (Å²) in [5, 5.41) is 3.50. The van der Waals surface area contributed by atoms with Gasteiger partial charge in [0.1, 0.15) is 0 Å². The SMILES string of the molecule is O=C(N1CC2(CCNC2)C1)C12CC3CC4CC(c5ccccc5)(C1)C34C2. The van der Waals surface area contributed by atoms with Gasteiger partial charge in [-0.15, -0.1) is 0 Å². The van der Waals surface area contributed by atoms with Crippen LogP contribution in [-0.4, -0.2) is 37.0 Å². The molecule has 5 unspecified atom stereocenters. The molecule has 136 valence electrons. The van der Waals surface area contributed by atoms with Gasteiger partial charge in [-0.05, 0) is 67.9 Å². The summed E-state index contributed by atoms with van der Waals surface area (Å²) < 4.78 is 0. The van der Waals surface area contributed by atoms with Crippen molar-refractivity contribution < 1.29 is 4.79 Å². The standard InChI is InChI=1S/C23H28N2O/c26-19(25-14-20(15-25)6-7-24-13-20)21-9-17-8-18-10-22(11-21,23(17,18)12-21)16-4-2-1-3-5-16/h1-5,17-18,24H,6-15H2. The molecule has 5 atom stereocenters. The number of hydrogen-bond donors (Lipinski definition) is 1. The molecular formula is C23H28N2O. The van der Waals surface area contributed by atoms with E-state index in [1.807, 2.05) is 0 Å². The summed E-state index contributed by atoms with van der Waals surface area (Å²) in [6.07, 6.45) is 7.53. The fraction of sp³-hybridized carbons (Fsp3) is 0.696. The molecule has 6 aliphatic rings. The van der Waals surface area contributed by atoms with Crippen LogP contribution in [0.2, 0.25) is 0 Å². The van der Waals surface area contributed by atoms with Crippen LogP contribution in [0.1, 0.15) is 44.1 Å². The first-order valence-electron chi connectivity index (χ1n) is 10.7. The van der Waals surface area contributed by atoms with Crippen molar-refractivity contribution >= 4 is 5.91 Å². The molecular weight excluding hydrogens is 320 g/mol. The van der Waals surface area contributed by atoms with Crippen molar-refractivity contribution in [3.8, 4) is 0 Å². The van der Waals surface area contributed by atoms with Crippen molar-refractivity contribution in [2.24, 2.45) is 28.1 Å². The molecule has 1 N–H and O–H groups in total. The van der Waals surface area contributed by atoms with Gasteiger partial charge < -0.3 is 10.2 Å². The fourth-order valence-corrected chi connectivity index (χ4v) is 9.03. The fourth-order valence-electron chi connectivity index (χ4n) is 9.03. The molecule has 26 heavy (non-hydrogen) atoms. The molecule has 2 heterocycles. The highest BCUT2D eigenvalue weighted by atomic mass is 16.2. The molecule has 6 fully saturated rings. The maximum Gasteiger partial charge on any atom is 0.228 e. The van der Waals surface area contributed by atoms with Crippen LogP contribution in [0.5, 0.6) is 0 Å². The number of likely N-dealkylation sites (tertiary alicyclic amines) is 1. The van der Waals surface area contributed by atoms with Gasteiger partial charge in [-0.25, -0.2) is 0 Å². The lowest BCUT2D eigenvalue weighted by Crippen LogP contribution is -2.69. The Morgan fingerprint density at radius 1 is 1.08 bits per heavy atom. The van der Waals surface area contributed by atoms with E-state index in [0.29, 0.717) is 22.2 Å². The van der Waals surface area contributed by atoms with Crippen LogP contribution in [0.15, 0.2) is 30.3 Å². The number of fused-ring (bicyclic) bond motifs is 1. The molecule has 2 aliphatic heterocycles. The Morgan fingerprint density at radius 2 is 1.88 bits per heavy atom. The average Bonchev–Trinajstić information content (AvgIpc) is 3.28. The van der Waals surface area contributed by atoms with Crippen molar-refractivity contribution in [3.63, 3.8) is 0 Å². The third kappa shape index (κ3) is 1.35. The van der Waals surface area contributed by atoms with Gasteiger partial charge in [0.25, 0.3) is 0 Å². The van der Waals surface area contributed by atoms with Crippen molar-refractivity contribution in [3.05, 3.63) is 35.9 Å². The zero-order valence-electron chi connectivity index (χ0n) is 15.5. The Balaban J connectivity index is 1.23. The van der Waals surface area contributed by atoms with Crippen LogP contribution >= 0.6 is 0 Å². The van der Waals surface area contributed by atoms with E-state index in [-0.39, 0.29) is 5.41 Å². The van der Waals surface area contributed by atoms with Crippen molar-refractivity contribution in [2.45, 2.75) is 43.9 Å². The van der Waals surface area contributed by atoms with Crippen molar-refractivity contribution in [1.82, 2.24) is 10.2 Å². The molecule has 3 nitrogen and oxygen atoms in total. The van der Waals surface area contributed by atoms with E-state index in [1.54, 1.807) is 0 Å².